The van der Waals surface area contributed by atoms with Gasteiger partial charge < -0.3 is 4.90 Å². The van der Waals surface area contributed by atoms with Gasteiger partial charge in [-0.1, -0.05) is 32.4 Å². The molecule has 0 bridgehead atoms. The van der Waals surface area contributed by atoms with E-state index in [2.05, 4.69) is 38.8 Å². The van der Waals surface area contributed by atoms with Crippen molar-refractivity contribution in [2.75, 3.05) is 20.1 Å². The first-order valence-corrected chi connectivity index (χ1v) is 4.86. The second-order valence-electron chi connectivity index (χ2n) is 4.97. The summed E-state index contributed by atoms with van der Waals surface area (Å²) in [5.41, 5.74) is 2.02. The van der Waals surface area contributed by atoms with E-state index in [1.807, 2.05) is 0 Å². The van der Waals surface area contributed by atoms with Crippen LogP contribution >= 0.6 is 0 Å². The van der Waals surface area contributed by atoms with E-state index in [1.54, 1.807) is 5.57 Å². The van der Waals surface area contributed by atoms with Crippen molar-refractivity contribution in [1.82, 2.24) is 4.90 Å². The van der Waals surface area contributed by atoms with Gasteiger partial charge in [0.2, 0.25) is 0 Å². The average Bonchev–Trinajstić information content (AvgIpc) is 1.91. The minimum atomic E-state index is 0.366. The van der Waals surface area contributed by atoms with Gasteiger partial charge in [0.1, 0.15) is 0 Å². The SMILES string of the molecule is CN1CCC(=CC(C)(C)C)CC1. The Morgan fingerprint density at radius 2 is 1.67 bits per heavy atom. The number of hydrogen-bond donors (Lipinski definition) is 0. The molecule has 1 saturated heterocycles. The molecule has 1 heteroatoms. The summed E-state index contributed by atoms with van der Waals surface area (Å²) >= 11 is 0. The second kappa shape index (κ2) is 3.61. The fourth-order valence-corrected chi connectivity index (χ4v) is 1.66. The van der Waals surface area contributed by atoms with Crippen molar-refractivity contribution in [1.29, 1.82) is 0 Å². The Balaban J connectivity index is 2.49. The maximum absolute atomic E-state index is 2.44. The number of piperidine rings is 1. The van der Waals surface area contributed by atoms with E-state index in [1.165, 1.54) is 25.9 Å². The van der Waals surface area contributed by atoms with Crippen LogP contribution in [0.1, 0.15) is 33.6 Å². The van der Waals surface area contributed by atoms with Crippen LogP contribution in [0.4, 0.5) is 0 Å². The summed E-state index contributed by atoms with van der Waals surface area (Å²) in [7, 11) is 2.20. The predicted octanol–water partition coefficient (Wildman–Crippen LogP) is 2.68. The van der Waals surface area contributed by atoms with Crippen molar-refractivity contribution < 1.29 is 0 Å². The molecule has 12 heavy (non-hydrogen) atoms. The van der Waals surface area contributed by atoms with Gasteiger partial charge in [0.25, 0.3) is 0 Å². The third-order valence-electron chi connectivity index (χ3n) is 2.27. The molecule has 1 rings (SSSR count). The first kappa shape index (κ1) is 9.79. The van der Waals surface area contributed by atoms with Crippen molar-refractivity contribution in [3.8, 4) is 0 Å². The van der Waals surface area contributed by atoms with E-state index in [-0.39, 0.29) is 0 Å². The smallest absolute Gasteiger partial charge is 0.00157 e. The Kier molecular flexibility index (Phi) is 2.94. The molecule has 0 saturated carbocycles. The zero-order valence-electron chi connectivity index (χ0n) is 8.85. The number of nitrogens with zero attached hydrogens (tertiary/aromatic N) is 1. The van der Waals surface area contributed by atoms with Crippen LogP contribution in [0, 0.1) is 5.41 Å². The lowest BCUT2D eigenvalue weighted by Gasteiger charge is -2.26. The summed E-state index contributed by atoms with van der Waals surface area (Å²) in [5, 5.41) is 0. The van der Waals surface area contributed by atoms with E-state index >= 15 is 0 Å². The summed E-state index contributed by atoms with van der Waals surface area (Å²) in [5.74, 6) is 0. The summed E-state index contributed by atoms with van der Waals surface area (Å²) < 4.78 is 0. The lowest BCUT2D eigenvalue weighted by molar-refractivity contribution is 0.310. The molecule has 1 nitrogen and oxygen atoms in total. The van der Waals surface area contributed by atoms with Crippen molar-refractivity contribution in [2.24, 2.45) is 5.41 Å². The Morgan fingerprint density at radius 3 is 2.08 bits per heavy atom. The summed E-state index contributed by atoms with van der Waals surface area (Å²) in [4.78, 5) is 2.40. The average molecular weight is 167 g/mol. The van der Waals surface area contributed by atoms with Gasteiger partial charge in [0.15, 0.2) is 0 Å². The summed E-state index contributed by atoms with van der Waals surface area (Å²) in [6.45, 7) is 9.30. The number of rotatable bonds is 0. The molecule has 1 heterocycles. The second-order valence-corrected chi connectivity index (χ2v) is 4.97. The molecule has 1 fully saturated rings. The maximum atomic E-state index is 2.44. The highest BCUT2D eigenvalue weighted by atomic mass is 15.1. The molecular weight excluding hydrogens is 146 g/mol. The molecular formula is C11H21N. The largest absolute Gasteiger partial charge is 0.306 e. The molecule has 1 aliphatic heterocycles. The highest BCUT2D eigenvalue weighted by Gasteiger charge is 2.13. The monoisotopic (exact) mass is 167 g/mol. The fourth-order valence-electron chi connectivity index (χ4n) is 1.66. The van der Waals surface area contributed by atoms with Crippen molar-refractivity contribution in [3.63, 3.8) is 0 Å². The van der Waals surface area contributed by atoms with Crippen LogP contribution in [0.5, 0.6) is 0 Å². The molecule has 0 unspecified atom stereocenters. The highest BCUT2D eigenvalue weighted by molar-refractivity contribution is 5.09. The van der Waals surface area contributed by atoms with Gasteiger partial charge in [-0.3, -0.25) is 0 Å². The quantitative estimate of drug-likeness (QED) is 0.501. The van der Waals surface area contributed by atoms with E-state index in [0.717, 1.165) is 0 Å². The van der Waals surface area contributed by atoms with Crippen LogP contribution in [0.2, 0.25) is 0 Å². The van der Waals surface area contributed by atoms with Gasteiger partial charge in [0, 0.05) is 13.1 Å². The molecule has 0 aliphatic carbocycles. The van der Waals surface area contributed by atoms with Crippen molar-refractivity contribution in [3.05, 3.63) is 11.6 Å². The van der Waals surface area contributed by atoms with Crippen LogP contribution in [0.25, 0.3) is 0 Å². The van der Waals surface area contributed by atoms with E-state index in [0.29, 0.717) is 5.41 Å². The molecule has 0 amide bonds. The third kappa shape index (κ3) is 3.40. The Morgan fingerprint density at radius 1 is 1.17 bits per heavy atom. The lowest BCUT2D eigenvalue weighted by Crippen LogP contribution is -2.26. The fraction of sp³-hybridized carbons (Fsp3) is 0.818. The molecule has 0 N–H and O–H groups in total. The van der Waals surface area contributed by atoms with E-state index in [9.17, 15) is 0 Å². The minimum Gasteiger partial charge on any atom is -0.306 e. The molecule has 0 spiro atoms. The first-order valence-electron chi connectivity index (χ1n) is 4.86. The molecule has 0 aromatic heterocycles. The topological polar surface area (TPSA) is 3.24 Å². The number of likely N-dealkylation sites (tertiary alicyclic amines) is 1. The lowest BCUT2D eigenvalue weighted by atomic mass is 9.90. The van der Waals surface area contributed by atoms with Crippen LogP contribution in [-0.4, -0.2) is 25.0 Å². The molecule has 70 valence electrons. The molecule has 1 aliphatic rings. The predicted molar refractivity (Wildman–Crippen MR) is 54.3 cm³/mol. The normalized spacial score (nSPS) is 21.2. The molecule has 0 aromatic rings. The molecule has 0 radical (unpaired) electrons. The number of hydrogen-bond acceptors (Lipinski definition) is 1. The van der Waals surface area contributed by atoms with Crippen LogP contribution in [0.3, 0.4) is 0 Å². The summed E-state index contributed by atoms with van der Waals surface area (Å²) in [6, 6.07) is 0. The Bertz CT molecular complexity index is 164. The Hall–Kier alpha value is -0.300. The third-order valence-corrected chi connectivity index (χ3v) is 2.27. The maximum Gasteiger partial charge on any atom is 0.00157 e. The van der Waals surface area contributed by atoms with Gasteiger partial charge in [-0.05, 0) is 25.3 Å². The van der Waals surface area contributed by atoms with Gasteiger partial charge in [-0.15, -0.1) is 0 Å². The van der Waals surface area contributed by atoms with Crippen LogP contribution < -0.4 is 0 Å². The highest BCUT2D eigenvalue weighted by Crippen LogP contribution is 2.23. The van der Waals surface area contributed by atoms with Crippen LogP contribution in [-0.2, 0) is 0 Å². The van der Waals surface area contributed by atoms with Gasteiger partial charge >= 0.3 is 0 Å². The van der Waals surface area contributed by atoms with Crippen molar-refractivity contribution >= 4 is 0 Å². The standard InChI is InChI=1S/C11H21N/c1-11(2,3)9-10-5-7-12(4)8-6-10/h9H,5-8H2,1-4H3. The zero-order chi connectivity index (χ0) is 9.19. The zero-order valence-corrected chi connectivity index (χ0v) is 8.85. The van der Waals surface area contributed by atoms with Crippen molar-refractivity contribution in [2.45, 2.75) is 33.6 Å². The Labute approximate surface area is 76.5 Å². The van der Waals surface area contributed by atoms with E-state index in [4.69, 9.17) is 0 Å². The van der Waals surface area contributed by atoms with Gasteiger partial charge in [0.05, 0.1) is 0 Å². The number of allylic oxidation sites excluding steroid dienone is 1. The van der Waals surface area contributed by atoms with Gasteiger partial charge in [-0.2, -0.15) is 0 Å². The molecule has 0 aromatic carbocycles. The first-order chi connectivity index (χ1) is 5.47. The van der Waals surface area contributed by atoms with Gasteiger partial charge in [-0.25, -0.2) is 0 Å². The summed E-state index contributed by atoms with van der Waals surface area (Å²) in [6.07, 6.45) is 4.99. The van der Waals surface area contributed by atoms with Crippen LogP contribution in [0.15, 0.2) is 11.6 Å². The molecule has 0 atom stereocenters. The van der Waals surface area contributed by atoms with E-state index < -0.39 is 0 Å². The minimum absolute atomic E-state index is 0.366.